The van der Waals surface area contributed by atoms with Crippen LogP contribution in [0, 0.1) is 0 Å². The summed E-state index contributed by atoms with van der Waals surface area (Å²) in [7, 11) is 1.65. The molecule has 3 rings (SSSR count). The van der Waals surface area contributed by atoms with Crippen LogP contribution in [0.5, 0.6) is 5.75 Å². The second-order valence-electron chi connectivity index (χ2n) is 5.87. The summed E-state index contributed by atoms with van der Waals surface area (Å²) in [6.07, 6.45) is 0. The van der Waals surface area contributed by atoms with Crippen LogP contribution in [0.25, 0.3) is 5.69 Å². The summed E-state index contributed by atoms with van der Waals surface area (Å²) >= 11 is 5.95. The zero-order valence-corrected chi connectivity index (χ0v) is 14.4. The molecular formula is C17H18ClN5O. The molecule has 0 fully saturated rings. The Morgan fingerprint density at radius 2 is 1.71 bits per heavy atom. The maximum atomic E-state index is 5.95. The molecule has 0 amide bonds. The lowest BCUT2D eigenvalue weighted by Crippen LogP contribution is -2.31. The number of ether oxygens (including phenoxy) is 1. The van der Waals surface area contributed by atoms with Gasteiger partial charge >= 0.3 is 0 Å². The number of rotatable bonds is 5. The Balaban J connectivity index is 1.89. The summed E-state index contributed by atoms with van der Waals surface area (Å²) in [6.45, 7) is 4.05. The predicted octanol–water partition coefficient (Wildman–Crippen LogP) is 3.67. The van der Waals surface area contributed by atoms with E-state index in [1.54, 1.807) is 11.8 Å². The number of methoxy groups -OCH3 is 1. The number of nitrogens with one attached hydrogen (secondary N) is 1. The molecule has 0 bridgehead atoms. The smallest absolute Gasteiger partial charge is 0.181 e. The van der Waals surface area contributed by atoms with Crippen LogP contribution < -0.4 is 10.1 Å². The Kier molecular flexibility index (Phi) is 4.40. The molecule has 7 heteroatoms. The average molecular weight is 344 g/mol. The van der Waals surface area contributed by atoms with E-state index in [4.69, 9.17) is 16.3 Å². The fourth-order valence-electron chi connectivity index (χ4n) is 2.42. The maximum Gasteiger partial charge on any atom is 0.181 e. The van der Waals surface area contributed by atoms with Crippen molar-refractivity contribution in [2.45, 2.75) is 19.4 Å². The molecule has 3 aromatic rings. The number of tetrazole rings is 1. The first-order chi connectivity index (χ1) is 11.5. The monoisotopic (exact) mass is 343 g/mol. The van der Waals surface area contributed by atoms with Gasteiger partial charge in [0.1, 0.15) is 5.75 Å². The van der Waals surface area contributed by atoms with E-state index in [1.807, 2.05) is 62.4 Å². The molecule has 0 aliphatic carbocycles. The zero-order chi connectivity index (χ0) is 17.2. The van der Waals surface area contributed by atoms with E-state index in [0.29, 0.717) is 10.8 Å². The van der Waals surface area contributed by atoms with E-state index in [2.05, 4.69) is 20.8 Å². The van der Waals surface area contributed by atoms with Crippen molar-refractivity contribution < 1.29 is 4.74 Å². The zero-order valence-electron chi connectivity index (χ0n) is 13.7. The number of benzene rings is 2. The highest BCUT2D eigenvalue weighted by Crippen LogP contribution is 2.26. The van der Waals surface area contributed by atoms with Gasteiger partial charge < -0.3 is 10.1 Å². The van der Waals surface area contributed by atoms with E-state index in [-0.39, 0.29) is 0 Å². The molecule has 0 saturated carbocycles. The van der Waals surface area contributed by atoms with Crippen LogP contribution in [-0.4, -0.2) is 27.3 Å². The average Bonchev–Trinajstić information content (AvgIpc) is 3.06. The maximum absolute atomic E-state index is 5.95. The first-order valence-corrected chi connectivity index (χ1v) is 7.84. The SMILES string of the molecule is COc1ccc(NC(C)(C)c2nnnn2-c2ccc(Cl)cc2)cc1. The van der Waals surface area contributed by atoms with E-state index in [9.17, 15) is 0 Å². The van der Waals surface area contributed by atoms with Crippen LogP contribution in [0.3, 0.4) is 0 Å². The first kappa shape index (κ1) is 16.3. The number of hydrogen-bond donors (Lipinski definition) is 1. The van der Waals surface area contributed by atoms with E-state index >= 15 is 0 Å². The van der Waals surface area contributed by atoms with Crippen LogP contribution in [0.1, 0.15) is 19.7 Å². The number of halogens is 1. The summed E-state index contributed by atoms with van der Waals surface area (Å²) in [5, 5.41) is 16.2. The highest BCUT2D eigenvalue weighted by Gasteiger charge is 2.28. The predicted molar refractivity (Wildman–Crippen MR) is 93.8 cm³/mol. The van der Waals surface area contributed by atoms with Gasteiger partial charge in [-0.15, -0.1) is 5.10 Å². The molecule has 0 aliphatic heterocycles. The van der Waals surface area contributed by atoms with E-state index in [1.165, 1.54) is 0 Å². The molecule has 1 N–H and O–H groups in total. The van der Waals surface area contributed by atoms with Crippen molar-refractivity contribution >= 4 is 17.3 Å². The van der Waals surface area contributed by atoms with Crippen molar-refractivity contribution in [1.29, 1.82) is 0 Å². The summed E-state index contributed by atoms with van der Waals surface area (Å²) < 4.78 is 6.88. The minimum absolute atomic E-state index is 0.488. The van der Waals surface area contributed by atoms with Crippen LogP contribution in [0.15, 0.2) is 48.5 Å². The van der Waals surface area contributed by atoms with Crippen molar-refractivity contribution in [3.63, 3.8) is 0 Å². The lowest BCUT2D eigenvalue weighted by molar-refractivity contribution is 0.415. The van der Waals surface area contributed by atoms with Crippen molar-refractivity contribution in [2.24, 2.45) is 0 Å². The highest BCUT2D eigenvalue weighted by atomic mass is 35.5. The Morgan fingerprint density at radius 3 is 2.33 bits per heavy atom. The standard InChI is InChI=1S/C17H18ClN5O/c1-17(2,19-13-6-10-15(24-3)11-7-13)16-20-21-22-23(16)14-8-4-12(18)5-9-14/h4-11,19H,1-3H3. The lowest BCUT2D eigenvalue weighted by Gasteiger charge is -2.26. The summed E-state index contributed by atoms with van der Waals surface area (Å²) in [5.41, 5.74) is 1.31. The summed E-state index contributed by atoms with van der Waals surface area (Å²) in [4.78, 5) is 0. The van der Waals surface area contributed by atoms with Gasteiger partial charge in [-0.1, -0.05) is 11.6 Å². The van der Waals surface area contributed by atoms with Gasteiger partial charge in [-0.3, -0.25) is 0 Å². The topological polar surface area (TPSA) is 64.9 Å². The van der Waals surface area contributed by atoms with Crippen molar-refractivity contribution in [1.82, 2.24) is 20.2 Å². The summed E-state index contributed by atoms with van der Waals surface area (Å²) in [5.74, 6) is 1.50. The van der Waals surface area contributed by atoms with Gasteiger partial charge in [0.25, 0.3) is 0 Å². The molecule has 1 aromatic heterocycles. The molecule has 0 atom stereocenters. The van der Waals surface area contributed by atoms with Gasteiger partial charge in [-0.2, -0.15) is 4.68 Å². The van der Waals surface area contributed by atoms with Crippen LogP contribution >= 0.6 is 11.6 Å². The van der Waals surface area contributed by atoms with E-state index in [0.717, 1.165) is 17.1 Å². The van der Waals surface area contributed by atoms with Gasteiger partial charge in [0.15, 0.2) is 5.82 Å². The molecule has 124 valence electrons. The third-order valence-electron chi connectivity index (χ3n) is 3.65. The lowest BCUT2D eigenvalue weighted by atomic mass is 10.0. The third kappa shape index (κ3) is 3.33. The molecular weight excluding hydrogens is 326 g/mol. The largest absolute Gasteiger partial charge is 0.497 e. The first-order valence-electron chi connectivity index (χ1n) is 7.46. The molecule has 0 radical (unpaired) electrons. The minimum Gasteiger partial charge on any atom is -0.497 e. The molecule has 24 heavy (non-hydrogen) atoms. The number of nitrogens with zero attached hydrogens (tertiary/aromatic N) is 4. The fourth-order valence-corrected chi connectivity index (χ4v) is 2.55. The van der Waals surface area contributed by atoms with Crippen molar-refractivity contribution in [3.8, 4) is 11.4 Å². The van der Waals surface area contributed by atoms with Gasteiger partial charge in [0.05, 0.1) is 18.3 Å². The number of anilines is 1. The van der Waals surface area contributed by atoms with Crippen LogP contribution in [0.2, 0.25) is 5.02 Å². The molecule has 0 aliphatic rings. The molecule has 1 heterocycles. The fraction of sp³-hybridized carbons (Fsp3) is 0.235. The number of aromatic nitrogens is 4. The van der Waals surface area contributed by atoms with Crippen LogP contribution in [0.4, 0.5) is 5.69 Å². The quantitative estimate of drug-likeness (QED) is 0.765. The highest BCUT2D eigenvalue weighted by molar-refractivity contribution is 6.30. The van der Waals surface area contributed by atoms with Gasteiger partial charge in [0.2, 0.25) is 0 Å². The second-order valence-corrected chi connectivity index (χ2v) is 6.31. The van der Waals surface area contributed by atoms with Crippen LogP contribution in [-0.2, 0) is 5.54 Å². The molecule has 0 saturated heterocycles. The number of hydrogen-bond acceptors (Lipinski definition) is 5. The minimum atomic E-state index is -0.488. The normalized spacial score (nSPS) is 11.3. The Hall–Kier alpha value is -2.60. The second kappa shape index (κ2) is 6.49. The molecule has 0 unspecified atom stereocenters. The molecule has 2 aromatic carbocycles. The van der Waals surface area contributed by atoms with Gasteiger partial charge in [-0.05, 0) is 72.8 Å². The Morgan fingerprint density at radius 1 is 1.04 bits per heavy atom. The molecule has 6 nitrogen and oxygen atoms in total. The Labute approximate surface area is 145 Å². The van der Waals surface area contributed by atoms with Gasteiger partial charge in [0, 0.05) is 10.7 Å². The van der Waals surface area contributed by atoms with E-state index < -0.39 is 5.54 Å². The van der Waals surface area contributed by atoms with Crippen molar-refractivity contribution in [2.75, 3.05) is 12.4 Å². The summed E-state index contributed by atoms with van der Waals surface area (Å²) in [6, 6.07) is 15.1. The Bertz CT molecular complexity index is 812. The van der Waals surface area contributed by atoms with Gasteiger partial charge in [-0.25, -0.2) is 0 Å². The third-order valence-corrected chi connectivity index (χ3v) is 3.90. The van der Waals surface area contributed by atoms with Crippen molar-refractivity contribution in [3.05, 3.63) is 59.4 Å². The molecule has 0 spiro atoms.